The largest absolute Gasteiger partial charge is 0.352 e. The summed E-state index contributed by atoms with van der Waals surface area (Å²) in [5.74, 6) is 1.13. The van der Waals surface area contributed by atoms with E-state index in [1.165, 1.54) is 0 Å². The number of nitrogens with zero attached hydrogens (tertiary/aromatic N) is 1. The molecule has 0 aliphatic heterocycles. The normalized spacial score (nSPS) is 19.7. The number of carbonyl (C=O) groups excluding carboxylic acids is 1. The number of carbonyl (C=O) groups is 1. The summed E-state index contributed by atoms with van der Waals surface area (Å²) in [5, 5.41) is 4.07. The predicted molar refractivity (Wildman–Crippen MR) is 110 cm³/mol. The molecule has 3 nitrogen and oxygen atoms in total. The van der Waals surface area contributed by atoms with E-state index in [0.717, 1.165) is 54.4 Å². The number of pyridine rings is 1. The number of rotatable bonds is 4. The first-order chi connectivity index (χ1) is 13.2. The van der Waals surface area contributed by atoms with E-state index in [1.807, 2.05) is 60.7 Å². The fourth-order valence-corrected chi connectivity index (χ4v) is 3.89. The Kier molecular flexibility index (Phi) is 5.19. The van der Waals surface area contributed by atoms with Crippen LogP contribution in [0, 0.1) is 18.8 Å². The Bertz CT molecular complexity index is 928. The van der Waals surface area contributed by atoms with Gasteiger partial charge in [-0.25, -0.2) is 4.98 Å². The van der Waals surface area contributed by atoms with Crippen LogP contribution in [0.3, 0.4) is 0 Å². The zero-order chi connectivity index (χ0) is 18.6. The van der Waals surface area contributed by atoms with E-state index in [1.54, 1.807) is 0 Å². The summed E-state index contributed by atoms with van der Waals surface area (Å²) in [7, 11) is 0. The lowest BCUT2D eigenvalue weighted by molar-refractivity contribution is 0.0944. The molecule has 2 aromatic carbocycles. The van der Waals surface area contributed by atoms with Crippen LogP contribution in [-0.2, 0) is 0 Å². The minimum Gasteiger partial charge on any atom is -0.352 e. The lowest BCUT2D eigenvalue weighted by Crippen LogP contribution is -2.31. The molecule has 1 fully saturated rings. The number of hydrogen-bond acceptors (Lipinski definition) is 2. The number of amides is 1. The zero-order valence-corrected chi connectivity index (χ0v) is 15.5. The molecule has 1 aliphatic rings. The second kappa shape index (κ2) is 7.91. The maximum Gasteiger partial charge on any atom is 0.252 e. The summed E-state index contributed by atoms with van der Waals surface area (Å²) in [6.07, 6.45) is 4.63. The number of para-hydroxylation sites is 1. The molecule has 1 amide bonds. The third-order valence-electron chi connectivity index (χ3n) is 5.55. The maximum atomic E-state index is 13.0. The van der Waals surface area contributed by atoms with Crippen molar-refractivity contribution in [2.24, 2.45) is 11.8 Å². The topological polar surface area (TPSA) is 42.0 Å². The van der Waals surface area contributed by atoms with Gasteiger partial charge in [-0.2, -0.15) is 0 Å². The van der Waals surface area contributed by atoms with E-state index < -0.39 is 0 Å². The predicted octanol–water partition coefficient (Wildman–Crippen LogP) is 5.27. The van der Waals surface area contributed by atoms with Gasteiger partial charge in [0, 0.05) is 17.5 Å². The van der Waals surface area contributed by atoms with Crippen LogP contribution in [0.5, 0.6) is 0 Å². The monoisotopic (exact) mass is 357 g/mol. The molecule has 1 N–H and O–H groups in total. The van der Waals surface area contributed by atoms with Gasteiger partial charge < -0.3 is 5.32 Å². The van der Waals surface area contributed by atoms with Crippen molar-refractivity contribution < 1.29 is 4.79 Å². The molecule has 1 radical (unpaired) electrons. The third-order valence-corrected chi connectivity index (χ3v) is 5.55. The van der Waals surface area contributed by atoms with Crippen LogP contribution < -0.4 is 5.32 Å². The fraction of sp³-hybridized carbons (Fsp3) is 0.292. The first kappa shape index (κ1) is 17.7. The number of fused-ring (bicyclic) bond motifs is 1. The highest BCUT2D eigenvalue weighted by Crippen LogP contribution is 2.28. The highest BCUT2D eigenvalue weighted by Gasteiger charge is 2.20. The summed E-state index contributed by atoms with van der Waals surface area (Å²) in [4.78, 5) is 17.8. The molecule has 1 aromatic heterocycles. The van der Waals surface area contributed by atoms with Gasteiger partial charge in [0.2, 0.25) is 0 Å². The second-order valence-electron chi connectivity index (χ2n) is 7.54. The highest BCUT2D eigenvalue weighted by molar-refractivity contribution is 6.07. The molecule has 1 aliphatic carbocycles. The first-order valence-electron chi connectivity index (χ1n) is 9.77. The van der Waals surface area contributed by atoms with E-state index in [9.17, 15) is 4.79 Å². The zero-order valence-electron chi connectivity index (χ0n) is 15.5. The first-order valence-corrected chi connectivity index (χ1v) is 9.77. The number of hydrogen-bond donors (Lipinski definition) is 1. The van der Waals surface area contributed by atoms with Crippen LogP contribution in [0.1, 0.15) is 36.0 Å². The standard InChI is InChI=1S/C24H25N2O/c1-17-11-13-18(14-12-17)16-25-24(27)21-15-23(19-7-3-2-4-8-19)26-22-10-6-5-9-20(21)22/h2-10,15,17-18H,1,11-14,16H2,(H,25,27)/t17-,18-. The number of aromatic nitrogens is 1. The summed E-state index contributed by atoms with van der Waals surface area (Å²) in [6.45, 7) is 4.89. The van der Waals surface area contributed by atoms with Crippen molar-refractivity contribution in [3.05, 3.63) is 73.2 Å². The van der Waals surface area contributed by atoms with E-state index in [4.69, 9.17) is 4.98 Å². The molecule has 27 heavy (non-hydrogen) atoms. The van der Waals surface area contributed by atoms with E-state index >= 15 is 0 Å². The summed E-state index contributed by atoms with van der Waals surface area (Å²) in [5.41, 5.74) is 3.40. The van der Waals surface area contributed by atoms with E-state index in [-0.39, 0.29) is 5.91 Å². The quantitative estimate of drug-likeness (QED) is 0.691. The third kappa shape index (κ3) is 4.02. The van der Waals surface area contributed by atoms with Gasteiger partial charge in [0.1, 0.15) is 0 Å². The molecule has 3 heteroatoms. The number of nitrogens with one attached hydrogen (secondary N) is 1. The van der Waals surface area contributed by atoms with Crippen molar-refractivity contribution in [2.75, 3.05) is 6.54 Å². The van der Waals surface area contributed by atoms with E-state index in [2.05, 4.69) is 12.2 Å². The van der Waals surface area contributed by atoms with Gasteiger partial charge in [0.15, 0.2) is 0 Å². The van der Waals surface area contributed by atoms with Gasteiger partial charge in [-0.15, -0.1) is 0 Å². The van der Waals surface area contributed by atoms with Crippen molar-refractivity contribution >= 4 is 16.8 Å². The van der Waals surface area contributed by atoms with Gasteiger partial charge in [0.05, 0.1) is 16.8 Å². The van der Waals surface area contributed by atoms with Crippen LogP contribution in [0.2, 0.25) is 0 Å². The lowest BCUT2D eigenvalue weighted by Gasteiger charge is -2.26. The van der Waals surface area contributed by atoms with Crippen LogP contribution in [0.25, 0.3) is 22.2 Å². The Morgan fingerprint density at radius 2 is 1.70 bits per heavy atom. The Morgan fingerprint density at radius 3 is 2.48 bits per heavy atom. The fourth-order valence-electron chi connectivity index (χ4n) is 3.89. The molecule has 4 rings (SSSR count). The van der Waals surface area contributed by atoms with Gasteiger partial charge in [0.25, 0.3) is 5.91 Å². The van der Waals surface area contributed by atoms with Crippen molar-refractivity contribution in [1.82, 2.24) is 10.3 Å². The van der Waals surface area contributed by atoms with Gasteiger partial charge in [-0.05, 0) is 36.8 Å². The Balaban J connectivity index is 1.60. The molecule has 1 saturated carbocycles. The minimum atomic E-state index is -0.0115. The molecule has 0 atom stereocenters. The van der Waals surface area contributed by atoms with Gasteiger partial charge in [-0.1, -0.05) is 68.3 Å². The Morgan fingerprint density at radius 1 is 1.00 bits per heavy atom. The summed E-state index contributed by atoms with van der Waals surface area (Å²) in [6, 6.07) is 19.8. The lowest BCUT2D eigenvalue weighted by atomic mass is 9.83. The average Bonchev–Trinajstić information content (AvgIpc) is 2.73. The van der Waals surface area contributed by atoms with Crippen LogP contribution >= 0.6 is 0 Å². The second-order valence-corrected chi connectivity index (χ2v) is 7.54. The molecule has 0 unspecified atom stereocenters. The Hall–Kier alpha value is -2.68. The SMILES string of the molecule is [CH2][C@H]1CC[C@H](CNC(=O)c2cc(-c3ccccc3)nc3ccccc23)CC1. The van der Waals surface area contributed by atoms with Gasteiger partial charge >= 0.3 is 0 Å². The summed E-state index contributed by atoms with van der Waals surface area (Å²) < 4.78 is 0. The van der Waals surface area contributed by atoms with Crippen LogP contribution in [0.15, 0.2) is 60.7 Å². The van der Waals surface area contributed by atoms with Crippen molar-refractivity contribution in [3.63, 3.8) is 0 Å². The molecule has 0 bridgehead atoms. The van der Waals surface area contributed by atoms with Crippen molar-refractivity contribution in [1.29, 1.82) is 0 Å². The van der Waals surface area contributed by atoms with Gasteiger partial charge in [-0.3, -0.25) is 4.79 Å². The average molecular weight is 357 g/mol. The van der Waals surface area contributed by atoms with Crippen LogP contribution in [0.4, 0.5) is 0 Å². The van der Waals surface area contributed by atoms with Crippen molar-refractivity contribution in [2.45, 2.75) is 25.7 Å². The van der Waals surface area contributed by atoms with Crippen molar-refractivity contribution in [3.8, 4) is 11.3 Å². The Labute approximate surface area is 160 Å². The number of benzene rings is 2. The molecule has 0 saturated heterocycles. The molecular formula is C24H25N2O. The minimum absolute atomic E-state index is 0.0115. The molecule has 137 valence electrons. The smallest absolute Gasteiger partial charge is 0.252 e. The van der Waals surface area contributed by atoms with E-state index in [0.29, 0.717) is 17.4 Å². The summed E-state index contributed by atoms with van der Waals surface area (Å²) >= 11 is 0. The molecular weight excluding hydrogens is 332 g/mol. The molecule has 1 heterocycles. The highest BCUT2D eigenvalue weighted by atomic mass is 16.1. The van der Waals surface area contributed by atoms with Crippen LogP contribution in [-0.4, -0.2) is 17.4 Å². The molecule has 3 aromatic rings. The molecule has 0 spiro atoms. The maximum absolute atomic E-state index is 13.0.